The summed E-state index contributed by atoms with van der Waals surface area (Å²) in [6, 6.07) is 9.47. The van der Waals surface area contributed by atoms with Crippen molar-refractivity contribution in [1.82, 2.24) is 15.2 Å². The Labute approximate surface area is 161 Å². The van der Waals surface area contributed by atoms with Crippen LogP contribution in [-0.4, -0.2) is 33.2 Å². The van der Waals surface area contributed by atoms with Crippen LogP contribution in [0.4, 0.5) is 11.6 Å². The Kier molecular flexibility index (Phi) is 3.86. The summed E-state index contributed by atoms with van der Waals surface area (Å²) in [7, 11) is 0. The standard InChI is InChI=1S/C20H21N5OS/c1-11(26)21-18-10-14-9-13(20-24-23-12(2)27-20)3-8-17(14)19(22-18)25-15-4-5-16(25)7-6-15/h3,8-10,15-16H,4-7H2,1-2H3,(H,21,22,26). The highest BCUT2D eigenvalue weighted by Gasteiger charge is 2.40. The number of benzene rings is 1. The van der Waals surface area contributed by atoms with Crippen molar-refractivity contribution in [2.45, 2.75) is 51.6 Å². The number of hydrogen-bond acceptors (Lipinski definition) is 6. The van der Waals surface area contributed by atoms with Crippen LogP contribution in [0.5, 0.6) is 0 Å². The van der Waals surface area contributed by atoms with Crippen LogP contribution in [-0.2, 0) is 4.79 Å². The first-order chi connectivity index (χ1) is 13.1. The van der Waals surface area contributed by atoms with E-state index in [1.807, 2.05) is 13.0 Å². The van der Waals surface area contributed by atoms with Crippen LogP contribution in [0.15, 0.2) is 24.3 Å². The number of pyridine rings is 1. The number of carbonyl (C=O) groups is 1. The average molecular weight is 379 g/mol. The second-order valence-corrected chi connectivity index (χ2v) is 8.63. The van der Waals surface area contributed by atoms with Crippen molar-refractivity contribution >= 4 is 39.7 Å². The zero-order valence-corrected chi connectivity index (χ0v) is 16.2. The maximum Gasteiger partial charge on any atom is 0.222 e. The van der Waals surface area contributed by atoms with Gasteiger partial charge in [-0.3, -0.25) is 4.79 Å². The summed E-state index contributed by atoms with van der Waals surface area (Å²) in [4.78, 5) is 19.0. The molecule has 2 fully saturated rings. The molecule has 1 aromatic carbocycles. The van der Waals surface area contributed by atoms with E-state index < -0.39 is 0 Å². The van der Waals surface area contributed by atoms with E-state index in [2.05, 4.69) is 38.6 Å². The zero-order valence-electron chi connectivity index (χ0n) is 15.4. The SMILES string of the molecule is CC(=O)Nc1cc2cc(-c3nnc(C)s3)ccc2c(N2C3CCC2CC3)n1. The minimum atomic E-state index is -0.104. The predicted molar refractivity (Wildman–Crippen MR) is 108 cm³/mol. The molecule has 5 rings (SSSR count). The highest BCUT2D eigenvalue weighted by molar-refractivity contribution is 7.14. The third-order valence-electron chi connectivity index (χ3n) is 5.59. The first kappa shape index (κ1) is 16.6. The third kappa shape index (κ3) is 2.86. The number of aryl methyl sites for hydroxylation is 1. The number of fused-ring (bicyclic) bond motifs is 3. The Hall–Kier alpha value is -2.54. The average Bonchev–Trinajstić information content (AvgIpc) is 3.35. The first-order valence-corrected chi connectivity index (χ1v) is 10.2. The topological polar surface area (TPSA) is 71.0 Å². The fourth-order valence-corrected chi connectivity index (χ4v) is 5.17. The zero-order chi connectivity index (χ0) is 18.5. The van der Waals surface area contributed by atoms with Crippen molar-refractivity contribution in [1.29, 1.82) is 0 Å². The Balaban J connectivity index is 1.67. The van der Waals surface area contributed by atoms with E-state index in [-0.39, 0.29) is 5.91 Å². The number of anilines is 2. The molecule has 138 valence electrons. The van der Waals surface area contributed by atoms with Crippen LogP contribution in [0.3, 0.4) is 0 Å². The second kappa shape index (κ2) is 6.27. The summed E-state index contributed by atoms with van der Waals surface area (Å²) in [5.41, 5.74) is 1.04. The van der Waals surface area contributed by atoms with Crippen LogP contribution in [0, 0.1) is 6.92 Å². The van der Waals surface area contributed by atoms with Gasteiger partial charge in [-0.1, -0.05) is 17.4 Å². The van der Waals surface area contributed by atoms with Gasteiger partial charge in [0.15, 0.2) is 0 Å². The van der Waals surface area contributed by atoms with Crippen molar-refractivity contribution in [3.8, 4) is 10.6 Å². The van der Waals surface area contributed by atoms with Crippen LogP contribution < -0.4 is 10.2 Å². The molecular formula is C20H21N5OS. The Morgan fingerprint density at radius 3 is 2.52 bits per heavy atom. The van der Waals surface area contributed by atoms with E-state index >= 15 is 0 Å². The maximum absolute atomic E-state index is 11.6. The summed E-state index contributed by atoms with van der Waals surface area (Å²) in [6.45, 7) is 3.48. The van der Waals surface area contributed by atoms with Crippen LogP contribution >= 0.6 is 11.3 Å². The molecule has 4 heterocycles. The van der Waals surface area contributed by atoms with Gasteiger partial charge in [-0.05, 0) is 56.2 Å². The van der Waals surface area contributed by atoms with Gasteiger partial charge in [-0.15, -0.1) is 10.2 Å². The van der Waals surface area contributed by atoms with E-state index in [4.69, 9.17) is 4.98 Å². The molecule has 0 radical (unpaired) electrons. The van der Waals surface area contributed by atoms with Crippen LogP contribution in [0.2, 0.25) is 0 Å². The second-order valence-electron chi connectivity index (χ2n) is 7.44. The van der Waals surface area contributed by atoms with Gasteiger partial charge in [0.2, 0.25) is 5.91 Å². The lowest BCUT2D eigenvalue weighted by Crippen LogP contribution is -2.29. The molecule has 1 N–H and O–H groups in total. The largest absolute Gasteiger partial charge is 0.350 e. The molecule has 0 atom stereocenters. The number of rotatable bonds is 3. The van der Waals surface area contributed by atoms with Gasteiger partial charge < -0.3 is 10.2 Å². The summed E-state index contributed by atoms with van der Waals surface area (Å²) in [5, 5.41) is 15.3. The van der Waals surface area contributed by atoms with Gasteiger partial charge in [0.1, 0.15) is 21.7 Å². The molecule has 2 saturated heterocycles. The first-order valence-electron chi connectivity index (χ1n) is 9.40. The predicted octanol–water partition coefficient (Wildman–Crippen LogP) is 4.15. The maximum atomic E-state index is 11.6. The fraction of sp³-hybridized carbons (Fsp3) is 0.400. The van der Waals surface area contributed by atoms with Crippen LogP contribution in [0.1, 0.15) is 37.6 Å². The number of amides is 1. The molecule has 2 aliphatic rings. The van der Waals surface area contributed by atoms with E-state index in [1.165, 1.54) is 32.6 Å². The minimum absolute atomic E-state index is 0.104. The molecule has 0 unspecified atom stereocenters. The molecule has 1 amide bonds. The number of carbonyl (C=O) groups excluding carboxylic acids is 1. The Bertz CT molecular complexity index is 1030. The lowest BCUT2D eigenvalue weighted by molar-refractivity contribution is -0.114. The normalized spacial score (nSPS) is 21.2. The molecule has 0 aliphatic carbocycles. The molecular weight excluding hydrogens is 358 g/mol. The van der Waals surface area contributed by atoms with Crippen molar-refractivity contribution in [3.63, 3.8) is 0 Å². The van der Waals surface area contributed by atoms with Crippen LogP contribution in [0.25, 0.3) is 21.3 Å². The minimum Gasteiger partial charge on any atom is -0.350 e. The Morgan fingerprint density at radius 2 is 1.89 bits per heavy atom. The molecule has 0 saturated carbocycles. The lowest BCUT2D eigenvalue weighted by atomic mass is 10.0. The highest BCUT2D eigenvalue weighted by atomic mass is 32.1. The van der Waals surface area contributed by atoms with Crippen molar-refractivity contribution in [2.75, 3.05) is 10.2 Å². The van der Waals surface area contributed by atoms with Gasteiger partial charge >= 0.3 is 0 Å². The molecule has 7 heteroatoms. The third-order valence-corrected chi connectivity index (χ3v) is 6.47. The monoisotopic (exact) mass is 379 g/mol. The number of aromatic nitrogens is 3. The quantitative estimate of drug-likeness (QED) is 0.740. The van der Waals surface area contributed by atoms with E-state index in [9.17, 15) is 4.79 Å². The van der Waals surface area contributed by atoms with Crippen molar-refractivity contribution in [3.05, 3.63) is 29.3 Å². The smallest absolute Gasteiger partial charge is 0.222 e. The van der Waals surface area contributed by atoms with E-state index in [0.717, 1.165) is 32.2 Å². The van der Waals surface area contributed by atoms with Gasteiger partial charge in [0, 0.05) is 30.0 Å². The Morgan fingerprint density at radius 1 is 1.15 bits per heavy atom. The summed E-state index contributed by atoms with van der Waals surface area (Å²) in [6.07, 6.45) is 4.95. The summed E-state index contributed by atoms with van der Waals surface area (Å²) >= 11 is 1.59. The highest BCUT2D eigenvalue weighted by Crippen LogP contribution is 2.43. The van der Waals surface area contributed by atoms with Gasteiger partial charge in [-0.25, -0.2) is 4.98 Å². The molecule has 3 aromatic rings. The van der Waals surface area contributed by atoms with Crippen molar-refractivity contribution in [2.24, 2.45) is 0 Å². The molecule has 2 aliphatic heterocycles. The molecule has 2 aromatic heterocycles. The fourth-order valence-electron chi connectivity index (χ4n) is 4.49. The summed E-state index contributed by atoms with van der Waals surface area (Å²) < 4.78 is 0. The number of nitrogens with zero attached hydrogens (tertiary/aromatic N) is 4. The van der Waals surface area contributed by atoms with E-state index in [1.54, 1.807) is 11.3 Å². The van der Waals surface area contributed by atoms with Gasteiger partial charge in [0.05, 0.1) is 0 Å². The molecule has 0 spiro atoms. The van der Waals surface area contributed by atoms with Gasteiger partial charge in [-0.2, -0.15) is 0 Å². The molecule has 6 nitrogen and oxygen atoms in total. The molecule has 27 heavy (non-hydrogen) atoms. The number of nitrogens with one attached hydrogen (secondary N) is 1. The molecule has 2 bridgehead atoms. The number of hydrogen-bond donors (Lipinski definition) is 1. The van der Waals surface area contributed by atoms with Gasteiger partial charge in [0.25, 0.3) is 0 Å². The summed E-state index contributed by atoms with van der Waals surface area (Å²) in [5.74, 6) is 1.51. The lowest BCUT2D eigenvalue weighted by Gasteiger charge is -2.25. The van der Waals surface area contributed by atoms with Crippen molar-refractivity contribution < 1.29 is 4.79 Å². The van der Waals surface area contributed by atoms with E-state index in [0.29, 0.717) is 17.9 Å².